The first-order chi connectivity index (χ1) is 35.5. The molecule has 0 bridgehead atoms. The van der Waals surface area contributed by atoms with Crippen molar-refractivity contribution in [3.63, 3.8) is 0 Å². The number of imidazole rings is 1. The number of para-hydroxylation sites is 1. The predicted molar refractivity (Wildman–Crippen MR) is 274 cm³/mol. The summed E-state index contributed by atoms with van der Waals surface area (Å²) in [5.41, 5.74) is 4.04. The van der Waals surface area contributed by atoms with Gasteiger partial charge in [-0.05, 0) is 116 Å². The quantitative estimate of drug-likeness (QED) is 0.174. The number of phenolic OH excluding ortho intramolecular Hbond substituents is 1. The highest BCUT2D eigenvalue weighted by Crippen LogP contribution is 2.46. The van der Waals surface area contributed by atoms with Crippen molar-refractivity contribution in [2.45, 2.75) is 85.3 Å². The maximum atomic E-state index is 12.7. The molecule has 9 aromatic rings. The van der Waals surface area contributed by atoms with E-state index in [4.69, 9.17) is 17.3 Å². The Morgan fingerprint density at radius 2 is 1.17 bits per heavy atom. The normalized spacial score (nSPS) is 15.3. The van der Waals surface area contributed by atoms with Crippen LogP contribution in [0.3, 0.4) is 0 Å². The molecule has 4 nitrogen and oxygen atoms in total. The van der Waals surface area contributed by atoms with Crippen molar-refractivity contribution < 1.29 is 20.2 Å². The monoisotopic (exact) mass is 861 g/mol. The lowest BCUT2D eigenvalue weighted by Crippen LogP contribution is -2.17. The number of hydrogen-bond acceptors (Lipinski definition) is 3. The molecule has 9 rings (SSSR count). The van der Waals surface area contributed by atoms with Crippen LogP contribution in [0.5, 0.6) is 5.75 Å². The van der Waals surface area contributed by atoms with Gasteiger partial charge in [-0.1, -0.05) is 183 Å². The summed E-state index contributed by atoms with van der Waals surface area (Å²) in [6, 6.07) is 46.3. The minimum absolute atomic E-state index is 0.00225. The van der Waals surface area contributed by atoms with Crippen molar-refractivity contribution in [1.82, 2.24) is 14.5 Å². The van der Waals surface area contributed by atoms with E-state index in [0.717, 1.165) is 38.9 Å². The molecule has 65 heavy (non-hydrogen) atoms. The molecule has 0 aliphatic heterocycles. The first-order valence-corrected chi connectivity index (χ1v) is 21.9. The Hall–Kier alpha value is -7.04. The van der Waals surface area contributed by atoms with Crippen LogP contribution in [0.2, 0.25) is 0 Å². The SMILES string of the molecule is [2H]c1c(-c2cc(-c3ccc(C)cc3)ccn2)cc(-c2cccc3c2nc(-c2cc(C(C)(C)C)cc(C(C)(C)C)c2O)n3-c2ccc(-c3ccccc3)cc2-c2ccccc2)c([2H])c1C(C([2H])([2H])[2H])(C([2H])([2H])[2H])C([2H])([2H])[2H]. The number of aromatic nitrogens is 3. The molecule has 0 radical (unpaired) electrons. The molecule has 0 spiro atoms. The van der Waals surface area contributed by atoms with E-state index >= 15 is 0 Å². The van der Waals surface area contributed by atoms with Crippen molar-refractivity contribution in [2.75, 3.05) is 0 Å². The highest BCUT2D eigenvalue weighted by Gasteiger charge is 2.30. The van der Waals surface area contributed by atoms with Crippen molar-refractivity contribution in [3.8, 4) is 78.6 Å². The molecule has 0 saturated heterocycles. The maximum Gasteiger partial charge on any atom is 0.149 e. The van der Waals surface area contributed by atoms with Crippen molar-refractivity contribution in [2.24, 2.45) is 0 Å². The van der Waals surface area contributed by atoms with Crippen LogP contribution in [0.1, 0.15) is 99.4 Å². The fourth-order valence-corrected chi connectivity index (χ4v) is 8.43. The number of rotatable bonds is 7. The van der Waals surface area contributed by atoms with Crippen molar-refractivity contribution in [1.29, 1.82) is 0 Å². The third-order valence-electron chi connectivity index (χ3n) is 12.0. The van der Waals surface area contributed by atoms with E-state index in [1.807, 2.05) is 148 Å². The van der Waals surface area contributed by atoms with Crippen LogP contribution in [0, 0.1) is 6.92 Å². The maximum absolute atomic E-state index is 12.7. The fourth-order valence-electron chi connectivity index (χ4n) is 8.43. The molecule has 2 aromatic heterocycles. The standard InChI is InChI=1S/C61H59N3O/c1-39-24-26-41(27-25-39)44-30-31-62-53(36-44)46-32-45(33-47(34-46)59(2,3)4)49-22-17-23-55-56(49)63-58(51-37-48(60(5,6)7)38-52(57(51)65)61(8,9)10)64(55)54-29-28-43(40-18-13-11-14-19-40)35-50(54)42-20-15-12-16-21-42/h11-38,65H,1-10H3/i2D3,3D3,4D3,33D,34D. The Labute approximate surface area is 400 Å². The molecular formula is C61H59N3O. The average Bonchev–Trinajstić information content (AvgIpc) is 3.86. The zero-order chi connectivity index (χ0) is 55.1. The second kappa shape index (κ2) is 16.5. The number of fused-ring (bicyclic) bond motifs is 1. The molecule has 7 aromatic carbocycles. The van der Waals surface area contributed by atoms with Gasteiger partial charge in [0.25, 0.3) is 0 Å². The number of benzene rings is 7. The number of hydrogen-bond donors (Lipinski definition) is 1. The van der Waals surface area contributed by atoms with E-state index in [9.17, 15) is 7.85 Å². The van der Waals surface area contributed by atoms with Crippen LogP contribution in [0.25, 0.3) is 83.9 Å². The first kappa shape index (κ1) is 31.7. The molecule has 0 aliphatic rings. The minimum atomic E-state index is -3.80. The number of aryl methyl sites for hydroxylation is 1. The summed E-state index contributed by atoms with van der Waals surface area (Å²) in [4.78, 5) is 10.1. The van der Waals surface area contributed by atoms with E-state index in [-0.39, 0.29) is 33.7 Å². The topological polar surface area (TPSA) is 50.9 Å². The van der Waals surface area contributed by atoms with Gasteiger partial charge in [-0.25, -0.2) is 4.98 Å². The highest BCUT2D eigenvalue weighted by molar-refractivity contribution is 5.98. The molecule has 0 saturated carbocycles. The van der Waals surface area contributed by atoms with Crippen LogP contribution in [0.15, 0.2) is 170 Å². The van der Waals surface area contributed by atoms with E-state index in [2.05, 4.69) is 31.8 Å². The summed E-state index contributed by atoms with van der Waals surface area (Å²) in [6.07, 6.45) is 1.51. The Morgan fingerprint density at radius 3 is 1.85 bits per heavy atom. The van der Waals surface area contributed by atoms with Gasteiger partial charge in [-0.2, -0.15) is 0 Å². The van der Waals surface area contributed by atoms with Crippen LogP contribution >= 0.6 is 0 Å². The van der Waals surface area contributed by atoms with Crippen LogP contribution in [-0.2, 0) is 16.2 Å². The van der Waals surface area contributed by atoms with E-state index < -0.39 is 54.4 Å². The number of aromatic hydroxyl groups is 1. The second-order valence-electron chi connectivity index (χ2n) is 19.0. The summed E-state index contributed by atoms with van der Waals surface area (Å²) in [7, 11) is 0. The molecule has 0 aliphatic carbocycles. The van der Waals surface area contributed by atoms with Gasteiger partial charge in [-0.15, -0.1) is 0 Å². The smallest absolute Gasteiger partial charge is 0.149 e. The summed E-state index contributed by atoms with van der Waals surface area (Å²) < 4.78 is 101. The molecule has 1 N–H and O–H groups in total. The summed E-state index contributed by atoms with van der Waals surface area (Å²) >= 11 is 0. The average molecular weight is 861 g/mol. The van der Waals surface area contributed by atoms with Crippen LogP contribution < -0.4 is 0 Å². The number of pyridine rings is 1. The zero-order valence-corrected chi connectivity index (χ0v) is 37.8. The fraction of sp³-hybridized carbons (Fsp3) is 0.213. The summed E-state index contributed by atoms with van der Waals surface area (Å²) in [5, 5.41) is 12.7. The Bertz CT molecular complexity index is 3620. The first-order valence-electron chi connectivity index (χ1n) is 27.4. The number of nitrogens with zero attached hydrogens (tertiary/aromatic N) is 3. The Morgan fingerprint density at radius 1 is 0.523 bits per heavy atom. The highest BCUT2D eigenvalue weighted by atomic mass is 16.3. The van der Waals surface area contributed by atoms with Gasteiger partial charge in [0, 0.05) is 40.8 Å². The lowest BCUT2D eigenvalue weighted by Gasteiger charge is -2.27. The third kappa shape index (κ3) is 8.54. The summed E-state index contributed by atoms with van der Waals surface area (Å²) in [6.45, 7) is 2.91. The molecule has 2 heterocycles. The van der Waals surface area contributed by atoms with Gasteiger partial charge in [0.05, 0.1) is 30.7 Å². The predicted octanol–water partition coefficient (Wildman–Crippen LogP) is 16.3. The van der Waals surface area contributed by atoms with E-state index in [1.54, 1.807) is 24.3 Å². The zero-order valence-electron chi connectivity index (χ0n) is 48.8. The molecule has 4 heteroatoms. The summed E-state index contributed by atoms with van der Waals surface area (Å²) in [5.74, 6) is 0.321. The molecule has 0 atom stereocenters. The van der Waals surface area contributed by atoms with Gasteiger partial charge >= 0.3 is 0 Å². The molecule has 0 amide bonds. The molecular weight excluding hydrogens is 791 g/mol. The largest absolute Gasteiger partial charge is 0.507 e. The van der Waals surface area contributed by atoms with Gasteiger partial charge in [0.15, 0.2) is 0 Å². The lowest BCUT2D eigenvalue weighted by atomic mass is 9.79. The Kier molecular flexibility index (Phi) is 8.06. The number of phenols is 1. The van der Waals surface area contributed by atoms with E-state index in [0.29, 0.717) is 33.7 Å². The molecule has 324 valence electrons. The second-order valence-corrected chi connectivity index (χ2v) is 19.0. The Balaban J connectivity index is 1.46. The van der Waals surface area contributed by atoms with Crippen molar-refractivity contribution in [3.05, 3.63) is 192 Å². The lowest BCUT2D eigenvalue weighted by molar-refractivity contribution is 0.446. The van der Waals surface area contributed by atoms with Gasteiger partial charge in [-0.3, -0.25) is 9.55 Å². The van der Waals surface area contributed by atoms with Gasteiger partial charge in [0.2, 0.25) is 0 Å². The third-order valence-corrected chi connectivity index (χ3v) is 12.0. The van der Waals surface area contributed by atoms with Crippen LogP contribution in [0.4, 0.5) is 0 Å². The van der Waals surface area contributed by atoms with E-state index in [1.165, 1.54) is 12.3 Å². The molecule has 0 unspecified atom stereocenters. The minimum Gasteiger partial charge on any atom is -0.507 e. The van der Waals surface area contributed by atoms with Crippen LogP contribution in [-0.4, -0.2) is 19.6 Å². The van der Waals surface area contributed by atoms with Crippen molar-refractivity contribution >= 4 is 11.0 Å². The molecule has 0 fully saturated rings. The van der Waals surface area contributed by atoms with Gasteiger partial charge < -0.3 is 5.11 Å². The van der Waals surface area contributed by atoms with Gasteiger partial charge in [0.1, 0.15) is 11.6 Å².